The first-order chi connectivity index (χ1) is 16.5. The molecule has 5 rings (SSSR count). The number of carbonyl (C=O) groups excluding carboxylic acids is 3. The zero-order valence-corrected chi connectivity index (χ0v) is 18.9. The van der Waals surface area contributed by atoms with Gasteiger partial charge in [-0.05, 0) is 59.7 Å². The zero-order chi connectivity index (χ0) is 23.7. The molecular formula is C25H22FN3O4S. The molecule has 1 saturated heterocycles. The summed E-state index contributed by atoms with van der Waals surface area (Å²) in [5, 5.41) is 7.63. The van der Waals surface area contributed by atoms with E-state index in [1.54, 1.807) is 48.5 Å². The molecule has 34 heavy (non-hydrogen) atoms. The fourth-order valence-electron chi connectivity index (χ4n) is 3.90. The fraction of sp³-hybridized carbons (Fsp3) is 0.240. The third-order valence-electron chi connectivity index (χ3n) is 5.76. The van der Waals surface area contributed by atoms with E-state index in [1.165, 1.54) is 28.4 Å². The molecule has 1 aliphatic carbocycles. The van der Waals surface area contributed by atoms with E-state index in [1.807, 2.05) is 5.38 Å². The first-order valence-electron chi connectivity index (χ1n) is 10.9. The molecule has 7 nitrogen and oxygen atoms in total. The fourth-order valence-corrected chi connectivity index (χ4v) is 4.52. The van der Waals surface area contributed by atoms with Crippen LogP contribution < -0.4 is 10.6 Å². The molecule has 0 bridgehead atoms. The zero-order valence-electron chi connectivity index (χ0n) is 18.1. The average molecular weight is 480 g/mol. The van der Waals surface area contributed by atoms with Gasteiger partial charge in [0.15, 0.2) is 12.1 Å². The smallest absolute Gasteiger partial charge is 0.411 e. The lowest BCUT2D eigenvalue weighted by atomic mass is 10.00. The van der Waals surface area contributed by atoms with Gasteiger partial charge in [0.2, 0.25) is 5.91 Å². The number of hydrogen-bond acceptors (Lipinski definition) is 5. The molecule has 3 aromatic rings. The number of cyclic esters (lactones) is 1. The van der Waals surface area contributed by atoms with Crippen molar-refractivity contribution < 1.29 is 23.5 Å². The molecule has 174 valence electrons. The normalized spacial score (nSPS) is 19.6. The summed E-state index contributed by atoms with van der Waals surface area (Å²) in [6.07, 6.45) is 0.323. The minimum Gasteiger partial charge on any atom is -0.438 e. The van der Waals surface area contributed by atoms with Crippen molar-refractivity contribution in [2.45, 2.75) is 37.6 Å². The third kappa shape index (κ3) is 4.79. The van der Waals surface area contributed by atoms with Gasteiger partial charge in [0.1, 0.15) is 5.82 Å². The van der Waals surface area contributed by atoms with Crippen molar-refractivity contribution in [3.8, 4) is 0 Å². The van der Waals surface area contributed by atoms with E-state index in [2.05, 4.69) is 10.6 Å². The van der Waals surface area contributed by atoms with Crippen molar-refractivity contribution >= 4 is 34.9 Å². The predicted octanol–water partition coefficient (Wildman–Crippen LogP) is 4.48. The van der Waals surface area contributed by atoms with Crippen molar-refractivity contribution in [1.29, 1.82) is 0 Å². The summed E-state index contributed by atoms with van der Waals surface area (Å²) < 4.78 is 19.0. The number of ether oxygens (including phenoxy) is 1. The number of rotatable bonds is 7. The lowest BCUT2D eigenvalue weighted by Gasteiger charge is -2.24. The van der Waals surface area contributed by atoms with Crippen LogP contribution in [0.3, 0.4) is 0 Å². The highest BCUT2D eigenvalue weighted by Crippen LogP contribution is 2.35. The van der Waals surface area contributed by atoms with Crippen LogP contribution in [0.4, 0.5) is 14.9 Å². The second kappa shape index (κ2) is 9.26. The molecular weight excluding hydrogens is 457 g/mol. The molecule has 2 aliphatic rings. The first kappa shape index (κ1) is 22.1. The van der Waals surface area contributed by atoms with Gasteiger partial charge in [-0.1, -0.05) is 30.3 Å². The van der Waals surface area contributed by atoms with E-state index in [0.29, 0.717) is 21.7 Å². The second-order valence-electron chi connectivity index (χ2n) is 8.34. The molecule has 9 heteroatoms. The van der Waals surface area contributed by atoms with Crippen molar-refractivity contribution in [1.82, 2.24) is 10.2 Å². The predicted molar refractivity (Wildman–Crippen MR) is 125 cm³/mol. The van der Waals surface area contributed by atoms with Gasteiger partial charge in [0.25, 0.3) is 5.91 Å². The summed E-state index contributed by atoms with van der Waals surface area (Å²) in [6, 6.07) is 15.5. The summed E-state index contributed by atoms with van der Waals surface area (Å²) in [5.41, 5.74) is 1.81. The molecule has 1 aliphatic heterocycles. The van der Waals surface area contributed by atoms with E-state index >= 15 is 0 Å². The van der Waals surface area contributed by atoms with E-state index in [9.17, 15) is 18.8 Å². The van der Waals surface area contributed by atoms with Crippen LogP contribution in [0.25, 0.3) is 0 Å². The Balaban J connectivity index is 1.41. The van der Waals surface area contributed by atoms with Gasteiger partial charge in [0, 0.05) is 11.7 Å². The molecule has 2 atom stereocenters. The number of benzene rings is 2. The molecule has 1 saturated carbocycles. The molecule has 1 aromatic heterocycles. The monoisotopic (exact) mass is 479 g/mol. The standard InChI is InChI=1S/C25H22FN3O4S/c26-17-8-6-15(7-9-17)14-29-21(24(31)27-18-10-11-18)22(33-25(29)32)16-3-1-4-19(13-16)28-23(30)20-5-2-12-34-20/h1-9,12-13,18,21-22H,10-11,14H2,(H,27,31)(H,28,30)/t21-,22-/m1/s1. The number of anilines is 1. The largest absolute Gasteiger partial charge is 0.438 e. The molecule has 2 aromatic carbocycles. The maximum absolute atomic E-state index is 13.3. The summed E-state index contributed by atoms with van der Waals surface area (Å²) >= 11 is 1.33. The highest BCUT2D eigenvalue weighted by Gasteiger charge is 2.48. The van der Waals surface area contributed by atoms with Crippen LogP contribution in [-0.4, -0.2) is 34.9 Å². The van der Waals surface area contributed by atoms with Gasteiger partial charge in [-0.3, -0.25) is 14.5 Å². The molecule has 0 radical (unpaired) electrons. The molecule has 0 spiro atoms. The summed E-state index contributed by atoms with van der Waals surface area (Å²) in [4.78, 5) is 40.4. The Kier molecular flexibility index (Phi) is 6.02. The average Bonchev–Trinajstić information content (AvgIpc) is 3.34. The maximum Gasteiger partial charge on any atom is 0.411 e. The number of halogens is 1. The van der Waals surface area contributed by atoms with Gasteiger partial charge in [-0.25, -0.2) is 9.18 Å². The lowest BCUT2D eigenvalue weighted by molar-refractivity contribution is -0.126. The second-order valence-corrected chi connectivity index (χ2v) is 9.29. The minimum atomic E-state index is -0.901. The summed E-state index contributed by atoms with van der Waals surface area (Å²) in [6.45, 7) is 0.104. The number of carbonyl (C=O) groups is 3. The van der Waals surface area contributed by atoms with Gasteiger partial charge < -0.3 is 15.4 Å². The van der Waals surface area contributed by atoms with E-state index in [-0.39, 0.29) is 30.2 Å². The van der Waals surface area contributed by atoms with Crippen LogP contribution in [0.2, 0.25) is 0 Å². The van der Waals surface area contributed by atoms with E-state index in [4.69, 9.17) is 4.74 Å². The van der Waals surface area contributed by atoms with Crippen LogP contribution >= 0.6 is 11.3 Å². The number of thiophene rings is 1. The Morgan fingerprint density at radius 1 is 1.09 bits per heavy atom. The van der Waals surface area contributed by atoms with Crippen LogP contribution in [0, 0.1) is 5.82 Å². The van der Waals surface area contributed by atoms with Crippen molar-refractivity contribution in [2.75, 3.05) is 5.32 Å². The summed E-state index contributed by atoms with van der Waals surface area (Å²) in [7, 11) is 0. The number of nitrogens with zero attached hydrogens (tertiary/aromatic N) is 1. The Labute approximate surface area is 199 Å². The lowest BCUT2D eigenvalue weighted by Crippen LogP contribution is -2.46. The highest BCUT2D eigenvalue weighted by molar-refractivity contribution is 7.12. The van der Waals surface area contributed by atoms with Gasteiger partial charge in [-0.2, -0.15) is 0 Å². The Hall–Kier alpha value is -3.72. The van der Waals surface area contributed by atoms with E-state index in [0.717, 1.165) is 12.8 Å². The molecule has 2 heterocycles. The maximum atomic E-state index is 13.3. The SMILES string of the molecule is O=C(Nc1cccc([C@H]2OC(=O)N(Cc3ccc(F)cc3)[C@H]2C(=O)NC2CC2)c1)c1cccs1. The number of hydrogen-bond donors (Lipinski definition) is 2. The van der Waals surface area contributed by atoms with Crippen LogP contribution in [0.1, 0.15) is 39.7 Å². The van der Waals surface area contributed by atoms with E-state index < -0.39 is 18.2 Å². The van der Waals surface area contributed by atoms with Crippen LogP contribution in [0.15, 0.2) is 66.0 Å². The molecule has 2 fully saturated rings. The molecule has 2 N–H and O–H groups in total. The Bertz CT molecular complexity index is 1210. The summed E-state index contributed by atoms with van der Waals surface area (Å²) in [5.74, 6) is -0.917. The highest BCUT2D eigenvalue weighted by atomic mass is 32.1. The molecule has 0 unspecified atom stereocenters. The Morgan fingerprint density at radius 2 is 1.88 bits per heavy atom. The third-order valence-corrected chi connectivity index (χ3v) is 6.63. The molecule has 3 amide bonds. The van der Waals surface area contributed by atoms with Gasteiger partial charge >= 0.3 is 6.09 Å². The number of amides is 3. The van der Waals surface area contributed by atoms with Gasteiger partial charge in [-0.15, -0.1) is 11.3 Å². The van der Waals surface area contributed by atoms with Crippen LogP contribution in [-0.2, 0) is 16.1 Å². The van der Waals surface area contributed by atoms with Gasteiger partial charge in [0.05, 0.1) is 11.4 Å². The van der Waals surface area contributed by atoms with Crippen LogP contribution in [0.5, 0.6) is 0 Å². The topological polar surface area (TPSA) is 87.7 Å². The first-order valence-corrected chi connectivity index (χ1v) is 11.8. The van der Waals surface area contributed by atoms with Crippen molar-refractivity contribution in [2.24, 2.45) is 0 Å². The number of nitrogens with one attached hydrogen (secondary N) is 2. The Morgan fingerprint density at radius 3 is 2.59 bits per heavy atom. The van der Waals surface area contributed by atoms with Crippen molar-refractivity contribution in [3.63, 3.8) is 0 Å². The van der Waals surface area contributed by atoms with Crippen molar-refractivity contribution in [3.05, 3.63) is 87.9 Å². The quantitative estimate of drug-likeness (QED) is 0.523. The minimum absolute atomic E-state index is 0.104.